The summed E-state index contributed by atoms with van der Waals surface area (Å²) in [5.41, 5.74) is 2.41. The van der Waals surface area contributed by atoms with Crippen molar-refractivity contribution in [2.75, 3.05) is 0 Å². The van der Waals surface area contributed by atoms with Crippen LogP contribution in [0.2, 0.25) is 0 Å². The van der Waals surface area contributed by atoms with E-state index < -0.39 is 6.10 Å². The number of aliphatic hydroxyl groups excluding tert-OH is 1. The van der Waals surface area contributed by atoms with Crippen LogP contribution < -0.4 is 0 Å². The molecule has 1 atom stereocenters. The zero-order chi connectivity index (χ0) is 13.4. The van der Waals surface area contributed by atoms with Gasteiger partial charge < -0.3 is 5.11 Å². The fraction of sp³-hybridized carbons (Fsp3) is 0.333. The molecule has 0 bridgehead atoms. The van der Waals surface area contributed by atoms with E-state index in [-0.39, 0.29) is 17.1 Å². The van der Waals surface area contributed by atoms with Crippen LogP contribution in [0.4, 0.5) is 0 Å². The minimum atomic E-state index is -0.865. The summed E-state index contributed by atoms with van der Waals surface area (Å²) in [5, 5.41) is 9.89. The van der Waals surface area contributed by atoms with Crippen molar-refractivity contribution in [2.45, 2.75) is 33.3 Å². The number of carbonyl (C=O) groups is 2. The number of hydrogen-bond donors (Lipinski definition) is 1. The first-order valence-electron chi connectivity index (χ1n) is 6.06. The molecule has 2 rings (SSSR count). The van der Waals surface area contributed by atoms with E-state index in [1.165, 1.54) is 0 Å². The summed E-state index contributed by atoms with van der Waals surface area (Å²) >= 11 is 0. The van der Waals surface area contributed by atoms with Gasteiger partial charge in [-0.05, 0) is 26.3 Å². The van der Waals surface area contributed by atoms with Gasteiger partial charge in [0.25, 0.3) is 0 Å². The first-order chi connectivity index (χ1) is 8.47. The maximum absolute atomic E-state index is 12.3. The minimum Gasteiger partial charge on any atom is -0.388 e. The van der Waals surface area contributed by atoms with Crippen LogP contribution in [0.25, 0.3) is 0 Å². The third kappa shape index (κ3) is 1.81. The fourth-order valence-electron chi connectivity index (χ4n) is 2.29. The Morgan fingerprint density at radius 3 is 2.39 bits per heavy atom. The molecule has 0 aliphatic heterocycles. The first kappa shape index (κ1) is 12.7. The number of benzene rings is 1. The van der Waals surface area contributed by atoms with Crippen LogP contribution in [0.1, 0.15) is 46.5 Å². The van der Waals surface area contributed by atoms with Crippen LogP contribution >= 0.6 is 0 Å². The van der Waals surface area contributed by atoms with Crippen LogP contribution in [0.15, 0.2) is 29.3 Å². The number of ketones is 2. The molecule has 1 aliphatic carbocycles. The van der Waals surface area contributed by atoms with Crippen molar-refractivity contribution in [3.8, 4) is 0 Å². The third-order valence-corrected chi connectivity index (χ3v) is 3.37. The Balaban J connectivity index is 2.64. The summed E-state index contributed by atoms with van der Waals surface area (Å²) in [7, 11) is 0. The van der Waals surface area contributed by atoms with Gasteiger partial charge in [0.05, 0.1) is 6.10 Å². The largest absolute Gasteiger partial charge is 0.388 e. The number of fused-ring (bicyclic) bond motifs is 1. The van der Waals surface area contributed by atoms with Crippen LogP contribution in [-0.2, 0) is 0 Å². The second kappa shape index (κ2) is 4.50. The van der Waals surface area contributed by atoms with E-state index in [9.17, 15) is 14.7 Å². The van der Waals surface area contributed by atoms with Crippen LogP contribution in [0, 0.1) is 6.92 Å². The highest BCUT2D eigenvalue weighted by Crippen LogP contribution is 2.29. The predicted octanol–water partition coefficient (Wildman–Crippen LogP) is 2.46. The van der Waals surface area contributed by atoms with Crippen molar-refractivity contribution in [3.05, 3.63) is 46.0 Å². The lowest BCUT2D eigenvalue weighted by molar-refractivity contribution is 0.0935. The molecule has 1 unspecified atom stereocenters. The predicted molar refractivity (Wildman–Crippen MR) is 68.8 cm³/mol. The SMILES string of the molecule is CCC(O)C1=C(C)C(=O)c2cc(C)ccc2C1=O. The number of carbonyl (C=O) groups excluding carboxylic acids is 2. The Morgan fingerprint density at radius 2 is 1.78 bits per heavy atom. The average Bonchev–Trinajstić information content (AvgIpc) is 2.35. The van der Waals surface area contributed by atoms with Gasteiger partial charge in [0.2, 0.25) is 0 Å². The van der Waals surface area contributed by atoms with E-state index in [1.807, 2.05) is 6.92 Å². The molecular weight excluding hydrogens is 228 g/mol. The highest BCUT2D eigenvalue weighted by molar-refractivity contribution is 6.27. The molecule has 3 heteroatoms. The number of Topliss-reactive ketones (excluding diaryl/α,β-unsaturated/α-hetero) is 2. The lowest BCUT2D eigenvalue weighted by atomic mass is 9.81. The second-order valence-corrected chi connectivity index (χ2v) is 4.67. The third-order valence-electron chi connectivity index (χ3n) is 3.37. The van der Waals surface area contributed by atoms with Crippen LogP contribution in [0.5, 0.6) is 0 Å². The smallest absolute Gasteiger partial charge is 0.192 e. The molecule has 0 spiro atoms. The fourth-order valence-corrected chi connectivity index (χ4v) is 2.29. The van der Waals surface area contributed by atoms with E-state index in [0.717, 1.165) is 5.56 Å². The molecule has 18 heavy (non-hydrogen) atoms. The topological polar surface area (TPSA) is 54.4 Å². The Morgan fingerprint density at radius 1 is 1.11 bits per heavy atom. The van der Waals surface area contributed by atoms with Crippen LogP contribution in [0.3, 0.4) is 0 Å². The molecule has 0 heterocycles. The highest BCUT2D eigenvalue weighted by Gasteiger charge is 2.32. The Hall–Kier alpha value is -1.74. The first-order valence-corrected chi connectivity index (χ1v) is 6.06. The lowest BCUT2D eigenvalue weighted by Gasteiger charge is -2.22. The van der Waals surface area contributed by atoms with Crippen molar-refractivity contribution in [3.63, 3.8) is 0 Å². The quantitative estimate of drug-likeness (QED) is 0.869. The summed E-state index contributed by atoms with van der Waals surface area (Å²) in [5.74, 6) is -0.382. The van der Waals surface area contributed by atoms with Crippen LogP contribution in [-0.4, -0.2) is 22.8 Å². The molecule has 94 valence electrons. The Labute approximate surface area is 106 Å². The molecule has 0 saturated heterocycles. The number of rotatable bonds is 2. The Kier molecular flexibility index (Phi) is 3.18. The number of allylic oxidation sites excluding steroid dienone is 1. The summed E-state index contributed by atoms with van der Waals surface area (Å²) in [6, 6.07) is 5.20. The van der Waals surface area contributed by atoms with Crippen molar-refractivity contribution in [2.24, 2.45) is 0 Å². The molecule has 1 aliphatic rings. The van der Waals surface area contributed by atoms with E-state index in [0.29, 0.717) is 23.1 Å². The molecule has 0 saturated carbocycles. The van der Waals surface area contributed by atoms with Gasteiger partial charge in [-0.25, -0.2) is 0 Å². The lowest BCUT2D eigenvalue weighted by Crippen LogP contribution is -2.27. The van der Waals surface area contributed by atoms with Crippen molar-refractivity contribution < 1.29 is 14.7 Å². The average molecular weight is 244 g/mol. The minimum absolute atomic E-state index is 0.157. The molecule has 1 N–H and O–H groups in total. The van der Waals surface area contributed by atoms with Gasteiger partial charge in [-0.3, -0.25) is 9.59 Å². The number of hydrogen-bond acceptors (Lipinski definition) is 3. The zero-order valence-electron chi connectivity index (χ0n) is 10.8. The maximum Gasteiger partial charge on any atom is 0.192 e. The van der Waals surface area contributed by atoms with E-state index in [1.54, 1.807) is 32.0 Å². The molecule has 0 amide bonds. The standard InChI is InChI=1S/C15H16O3/c1-4-12(16)13-9(3)14(17)11-7-8(2)5-6-10(11)15(13)18/h5-7,12,16H,4H2,1-3H3. The highest BCUT2D eigenvalue weighted by atomic mass is 16.3. The Bertz CT molecular complexity index is 567. The van der Waals surface area contributed by atoms with Crippen molar-refractivity contribution in [1.29, 1.82) is 0 Å². The van der Waals surface area contributed by atoms with Gasteiger partial charge in [0.1, 0.15) is 0 Å². The number of aryl methyl sites for hydroxylation is 1. The summed E-state index contributed by atoms with van der Waals surface area (Å²) < 4.78 is 0. The normalized spacial score (nSPS) is 16.9. The van der Waals surface area contributed by atoms with E-state index in [4.69, 9.17) is 0 Å². The van der Waals surface area contributed by atoms with Gasteiger partial charge in [0, 0.05) is 22.3 Å². The molecule has 3 nitrogen and oxygen atoms in total. The number of aliphatic hydroxyl groups is 1. The van der Waals surface area contributed by atoms with Gasteiger partial charge in [-0.15, -0.1) is 0 Å². The summed E-state index contributed by atoms with van der Waals surface area (Å²) in [4.78, 5) is 24.5. The zero-order valence-corrected chi connectivity index (χ0v) is 10.8. The van der Waals surface area contributed by atoms with Crippen molar-refractivity contribution >= 4 is 11.6 Å². The van der Waals surface area contributed by atoms with Gasteiger partial charge >= 0.3 is 0 Å². The molecule has 0 aromatic heterocycles. The maximum atomic E-state index is 12.3. The second-order valence-electron chi connectivity index (χ2n) is 4.67. The van der Waals surface area contributed by atoms with Gasteiger partial charge in [0.15, 0.2) is 11.6 Å². The van der Waals surface area contributed by atoms with E-state index >= 15 is 0 Å². The van der Waals surface area contributed by atoms with Gasteiger partial charge in [-0.2, -0.15) is 0 Å². The summed E-state index contributed by atoms with van der Waals surface area (Å²) in [6.07, 6.45) is -0.441. The molecule has 0 fully saturated rings. The van der Waals surface area contributed by atoms with Crippen molar-refractivity contribution in [1.82, 2.24) is 0 Å². The molecule has 0 radical (unpaired) electrons. The molecule has 1 aromatic carbocycles. The van der Waals surface area contributed by atoms with E-state index in [2.05, 4.69) is 0 Å². The monoisotopic (exact) mass is 244 g/mol. The molecule has 1 aromatic rings. The van der Waals surface area contributed by atoms with Gasteiger partial charge in [-0.1, -0.05) is 24.6 Å². The molecular formula is C15H16O3. The summed E-state index contributed by atoms with van der Waals surface area (Å²) in [6.45, 7) is 5.28.